The number of halogens is 1. The molecule has 0 aromatic heterocycles. The maximum atomic E-state index is 12.3. The number of hydrogen-bond acceptors (Lipinski definition) is 2. The number of carbonyl (C=O) groups is 1. The third kappa shape index (κ3) is 2.75. The number of carbonyl (C=O) groups excluding carboxylic acids is 1. The third-order valence-electron chi connectivity index (χ3n) is 3.57. The number of aryl methyl sites for hydroxylation is 1. The van der Waals surface area contributed by atoms with E-state index in [4.69, 9.17) is 0 Å². The van der Waals surface area contributed by atoms with Crippen LogP contribution in [0.5, 0.6) is 0 Å². The molecule has 18 heavy (non-hydrogen) atoms. The van der Waals surface area contributed by atoms with Crippen molar-refractivity contribution in [3.05, 3.63) is 28.2 Å². The van der Waals surface area contributed by atoms with E-state index < -0.39 is 5.54 Å². The highest BCUT2D eigenvalue weighted by Crippen LogP contribution is 2.25. The van der Waals surface area contributed by atoms with Gasteiger partial charge in [-0.15, -0.1) is 0 Å². The topological polar surface area (TPSA) is 41.1 Å². The van der Waals surface area contributed by atoms with Crippen LogP contribution >= 0.6 is 15.9 Å². The van der Waals surface area contributed by atoms with Crippen molar-refractivity contribution in [1.29, 1.82) is 0 Å². The van der Waals surface area contributed by atoms with Crippen molar-refractivity contribution in [2.45, 2.75) is 38.6 Å². The largest absolute Gasteiger partial charge is 0.324 e. The Morgan fingerprint density at radius 2 is 2.33 bits per heavy atom. The van der Waals surface area contributed by atoms with Crippen molar-refractivity contribution in [3.63, 3.8) is 0 Å². The van der Waals surface area contributed by atoms with E-state index in [1.165, 1.54) is 0 Å². The van der Waals surface area contributed by atoms with E-state index in [-0.39, 0.29) is 5.91 Å². The minimum atomic E-state index is -0.419. The molecule has 0 spiro atoms. The molecule has 1 fully saturated rings. The summed E-state index contributed by atoms with van der Waals surface area (Å²) in [5, 5.41) is 6.33. The van der Waals surface area contributed by atoms with Gasteiger partial charge in [-0.3, -0.25) is 4.79 Å². The predicted molar refractivity (Wildman–Crippen MR) is 77.8 cm³/mol. The lowest BCUT2D eigenvalue weighted by molar-refractivity contribution is -0.121. The van der Waals surface area contributed by atoms with Gasteiger partial charge >= 0.3 is 0 Å². The quantitative estimate of drug-likeness (QED) is 0.900. The van der Waals surface area contributed by atoms with Crippen LogP contribution in [0.4, 0.5) is 5.69 Å². The van der Waals surface area contributed by atoms with E-state index in [1.807, 2.05) is 19.1 Å². The summed E-state index contributed by atoms with van der Waals surface area (Å²) in [4.78, 5) is 12.3. The summed E-state index contributed by atoms with van der Waals surface area (Å²) in [6.45, 7) is 4.98. The van der Waals surface area contributed by atoms with Gasteiger partial charge in [-0.1, -0.05) is 22.9 Å². The first-order chi connectivity index (χ1) is 8.55. The molecule has 1 aromatic carbocycles. The molecular weight excluding hydrogens is 292 g/mol. The SMILES string of the molecule is CCc1cc(Br)ccc1NC(=O)C1(C)CCCN1. The normalized spacial score (nSPS) is 23.1. The summed E-state index contributed by atoms with van der Waals surface area (Å²) in [6, 6.07) is 5.97. The Kier molecular flexibility index (Phi) is 4.07. The second-order valence-electron chi connectivity index (χ2n) is 4.97. The number of nitrogens with one attached hydrogen (secondary N) is 2. The van der Waals surface area contributed by atoms with Gasteiger partial charge in [0, 0.05) is 10.2 Å². The molecule has 1 atom stereocenters. The highest BCUT2D eigenvalue weighted by Gasteiger charge is 2.35. The van der Waals surface area contributed by atoms with Crippen LogP contribution in [0.2, 0.25) is 0 Å². The van der Waals surface area contributed by atoms with Crippen LogP contribution < -0.4 is 10.6 Å². The fraction of sp³-hybridized carbons (Fsp3) is 0.500. The fourth-order valence-corrected chi connectivity index (χ4v) is 2.73. The van der Waals surface area contributed by atoms with Gasteiger partial charge in [0.05, 0.1) is 5.54 Å². The summed E-state index contributed by atoms with van der Waals surface area (Å²) in [7, 11) is 0. The van der Waals surface area contributed by atoms with Crippen molar-refractivity contribution in [2.24, 2.45) is 0 Å². The highest BCUT2D eigenvalue weighted by molar-refractivity contribution is 9.10. The Labute approximate surface area is 116 Å². The third-order valence-corrected chi connectivity index (χ3v) is 4.06. The van der Waals surface area contributed by atoms with E-state index in [0.29, 0.717) is 0 Å². The van der Waals surface area contributed by atoms with E-state index in [0.717, 1.165) is 41.5 Å². The zero-order chi connectivity index (χ0) is 13.2. The molecule has 4 heteroatoms. The number of anilines is 1. The monoisotopic (exact) mass is 310 g/mol. The zero-order valence-corrected chi connectivity index (χ0v) is 12.4. The Balaban J connectivity index is 2.16. The van der Waals surface area contributed by atoms with Gasteiger partial charge in [0.1, 0.15) is 0 Å². The summed E-state index contributed by atoms with van der Waals surface area (Å²) in [5.41, 5.74) is 1.65. The van der Waals surface area contributed by atoms with Gasteiger partial charge in [0.2, 0.25) is 5.91 Å². The first-order valence-electron chi connectivity index (χ1n) is 6.40. The average Bonchev–Trinajstić information content (AvgIpc) is 2.79. The lowest BCUT2D eigenvalue weighted by Gasteiger charge is -2.24. The summed E-state index contributed by atoms with van der Waals surface area (Å²) in [6.07, 6.45) is 2.86. The second kappa shape index (κ2) is 5.41. The second-order valence-corrected chi connectivity index (χ2v) is 5.89. The minimum Gasteiger partial charge on any atom is -0.324 e. The van der Waals surface area contributed by atoms with Gasteiger partial charge in [0.25, 0.3) is 0 Å². The van der Waals surface area contributed by atoms with Gasteiger partial charge in [-0.25, -0.2) is 0 Å². The predicted octanol–water partition coefficient (Wildman–Crippen LogP) is 3.09. The molecule has 1 amide bonds. The number of benzene rings is 1. The lowest BCUT2D eigenvalue weighted by Crippen LogP contribution is -2.48. The maximum absolute atomic E-state index is 12.3. The molecule has 1 aromatic rings. The molecule has 1 saturated heterocycles. The van der Waals surface area contributed by atoms with Crippen LogP contribution in [0.3, 0.4) is 0 Å². The molecule has 1 heterocycles. The molecule has 0 aliphatic carbocycles. The van der Waals surface area contributed by atoms with Crippen LogP contribution in [0.1, 0.15) is 32.3 Å². The van der Waals surface area contributed by atoms with E-state index >= 15 is 0 Å². The Morgan fingerprint density at radius 1 is 1.56 bits per heavy atom. The smallest absolute Gasteiger partial charge is 0.244 e. The lowest BCUT2D eigenvalue weighted by atomic mass is 9.99. The van der Waals surface area contributed by atoms with Gasteiger partial charge in [-0.2, -0.15) is 0 Å². The van der Waals surface area contributed by atoms with Crippen LogP contribution in [0.25, 0.3) is 0 Å². The average molecular weight is 311 g/mol. The first kappa shape index (κ1) is 13.6. The highest BCUT2D eigenvalue weighted by atomic mass is 79.9. The molecule has 2 N–H and O–H groups in total. The summed E-state index contributed by atoms with van der Waals surface area (Å²) in [5.74, 6) is 0.0667. The minimum absolute atomic E-state index is 0.0667. The van der Waals surface area contributed by atoms with Crippen LogP contribution in [-0.2, 0) is 11.2 Å². The molecule has 3 nitrogen and oxygen atoms in total. The summed E-state index contributed by atoms with van der Waals surface area (Å²) >= 11 is 3.46. The van der Waals surface area contributed by atoms with Gasteiger partial charge in [-0.05, 0) is 56.5 Å². The molecule has 1 unspecified atom stereocenters. The number of rotatable bonds is 3. The van der Waals surface area contributed by atoms with Crippen molar-refractivity contribution >= 4 is 27.5 Å². The molecule has 1 aliphatic heterocycles. The van der Waals surface area contributed by atoms with Crippen LogP contribution in [-0.4, -0.2) is 18.0 Å². The van der Waals surface area contributed by atoms with Crippen molar-refractivity contribution in [3.8, 4) is 0 Å². The van der Waals surface area contributed by atoms with Crippen LogP contribution in [0.15, 0.2) is 22.7 Å². The Hall–Kier alpha value is -0.870. The van der Waals surface area contributed by atoms with Crippen molar-refractivity contribution in [2.75, 3.05) is 11.9 Å². The molecule has 0 bridgehead atoms. The number of amides is 1. The molecule has 2 rings (SSSR count). The Bertz CT molecular complexity index is 453. The number of hydrogen-bond donors (Lipinski definition) is 2. The van der Waals surface area contributed by atoms with E-state index in [9.17, 15) is 4.79 Å². The van der Waals surface area contributed by atoms with Crippen molar-refractivity contribution in [1.82, 2.24) is 5.32 Å². The van der Waals surface area contributed by atoms with E-state index in [1.54, 1.807) is 0 Å². The molecular formula is C14H19BrN2O. The fourth-order valence-electron chi connectivity index (χ4n) is 2.33. The maximum Gasteiger partial charge on any atom is 0.244 e. The standard InChI is InChI=1S/C14H19BrN2O/c1-3-10-9-11(15)5-6-12(10)17-13(18)14(2)7-4-8-16-14/h5-6,9,16H,3-4,7-8H2,1-2H3,(H,17,18). The van der Waals surface area contributed by atoms with Crippen molar-refractivity contribution < 1.29 is 4.79 Å². The van der Waals surface area contributed by atoms with Gasteiger partial charge < -0.3 is 10.6 Å². The molecule has 0 radical (unpaired) electrons. The summed E-state index contributed by atoms with van der Waals surface area (Å²) < 4.78 is 1.04. The zero-order valence-electron chi connectivity index (χ0n) is 10.8. The van der Waals surface area contributed by atoms with Crippen LogP contribution in [0, 0.1) is 0 Å². The Morgan fingerprint density at radius 3 is 2.94 bits per heavy atom. The molecule has 1 aliphatic rings. The van der Waals surface area contributed by atoms with E-state index in [2.05, 4.69) is 39.6 Å². The molecule has 98 valence electrons. The first-order valence-corrected chi connectivity index (χ1v) is 7.19. The van der Waals surface area contributed by atoms with Gasteiger partial charge in [0.15, 0.2) is 0 Å². The molecule has 0 saturated carbocycles.